The van der Waals surface area contributed by atoms with Gasteiger partial charge in [0, 0.05) is 38.2 Å². The minimum absolute atomic E-state index is 0. The molecule has 7 heteroatoms. The van der Waals surface area contributed by atoms with Crippen molar-refractivity contribution in [2.24, 2.45) is 0 Å². The third-order valence-electron chi connectivity index (χ3n) is 0. The van der Waals surface area contributed by atoms with Crippen LogP contribution in [-0.2, 0) is 0 Å². The summed E-state index contributed by atoms with van der Waals surface area (Å²) in [4.78, 5) is 29.3. The van der Waals surface area contributed by atoms with Gasteiger partial charge < -0.3 is 22.0 Å². The van der Waals surface area contributed by atoms with E-state index in [0.29, 0.717) is 0 Å². The molecule has 0 aromatic carbocycles. The van der Waals surface area contributed by atoms with Crippen LogP contribution in [0.2, 0.25) is 0 Å². The molecule has 0 saturated carbocycles. The van der Waals surface area contributed by atoms with Gasteiger partial charge in [-0.3, -0.25) is 0 Å². The maximum Gasteiger partial charge on any atom is 2.00 e. The Hall–Kier alpha value is 2.81. The topological polar surface area (TPSA) is 80.9 Å². The molecule has 0 aromatic heterocycles. The number of rotatable bonds is 0. The van der Waals surface area contributed by atoms with E-state index in [1.807, 2.05) is 0 Å². The molecule has 0 spiro atoms. The van der Waals surface area contributed by atoms with E-state index in [9.17, 15) is 0 Å². The third kappa shape index (κ3) is 51.7. The Morgan fingerprint density at radius 2 is 1.00 bits per heavy atom. The van der Waals surface area contributed by atoms with E-state index in [0.717, 1.165) is 0 Å². The average molecular weight is 348 g/mol. The fourth-order valence-electron chi connectivity index (χ4n) is 0. The zero-order valence-electron chi connectivity index (χ0n) is 5.31. The number of hydrogen-bond acceptors (Lipinski definition) is 4. The van der Waals surface area contributed by atoms with Gasteiger partial charge in [0.05, 0.1) is 0 Å². The molecule has 0 fully saturated rings. The van der Waals surface area contributed by atoms with Gasteiger partial charge in [-0.15, -0.1) is 0 Å². The van der Waals surface area contributed by atoms with Crippen LogP contribution in [0.25, 0.3) is 0 Å². The Kier molecular flexibility index (Phi) is 16.2. The monoisotopic (exact) mass is 350 g/mol. The Balaban J connectivity index is -0.0000000133. The summed E-state index contributed by atoms with van der Waals surface area (Å²) in [5.41, 5.74) is 0. The summed E-state index contributed by atoms with van der Waals surface area (Å²) >= 11 is 0. The molecule has 0 aliphatic heterocycles. The van der Waals surface area contributed by atoms with Crippen molar-refractivity contribution >= 4 is 54.5 Å². The average Bonchev–Trinajstić information content (AvgIpc) is 0.722. The largest absolute Gasteiger partial charge is 2.00 e. The SMILES string of the molecule is O[Si](O)(O)O.[Dy].[H-].[H-].[Sr+2]. The second kappa shape index (κ2) is 6.92. The van der Waals surface area contributed by atoms with Gasteiger partial charge in [-0.25, -0.2) is 0 Å². The summed E-state index contributed by atoms with van der Waals surface area (Å²) < 4.78 is 0. The van der Waals surface area contributed by atoms with Gasteiger partial charge in [-0.1, -0.05) is 0 Å². The predicted octanol–water partition coefficient (Wildman–Crippen LogP) is -2.76. The quantitative estimate of drug-likeness (QED) is 0.358. The van der Waals surface area contributed by atoms with E-state index < -0.39 is 9.05 Å². The van der Waals surface area contributed by atoms with Crippen LogP contribution in [0, 0.1) is 38.2 Å². The van der Waals surface area contributed by atoms with Crippen molar-refractivity contribution in [2.45, 2.75) is 0 Å². The maximum absolute atomic E-state index is 7.33. The Morgan fingerprint density at radius 1 is 1.00 bits per heavy atom. The van der Waals surface area contributed by atoms with Crippen molar-refractivity contribution in [2.75, 3.05) is 0 Å². The van der Waals surface area contributed by atoms with E-state index in [1.54, 1.807) is 0 Å². The molecule has 46 valence electrons. The molecule has 0 rings (SSSR count). The molecule has 7 heavy (non-hydrogen) atoms. The Labute approximate surface area is 112 Å². The molecule has 0 aliphatic carbocycles. The van der Waals surface area contributed by atoms with E-state index in [-0.39, 0.29) is 86.5 Å². The Morgan fingerprint density at radius 3 is 1.00 bits per heavy atom. The van der Waals surface area contributed by atoms with Crippen molar-refractivity contribution in [1.29, 1.82) is 0 Å². The molecule has 4 N–H and O–H groups in total. The van der Waals surface area contributed by atoms with Gasteiger partial charge in [0.25, 0.3) is 0 Å². The van der Waals surface area contributed by atoms with Gasteiger partial charge in [0.15, 0.2) is 0 Å². The van der Waals surface area contributed by atoms with Crippen LogP contribution in [0.5, 0.6) is 0 Å². The molecule has 4 nitrogen and oxygen atoms in total. The molecule has 0 aromatic rings. The normalized spacial score (nSPS) is 8.57. The van der Waals surface area contributed by atoms with Crippen LogP contribution in [0.3, 0.4) is 0 Å². The van der Waals surface area contributed by atoms with Crippen molar-refractivity contribution in [3.8, 4) is 0 Å². The summed E-state index contributed by atoms with van der Waals surface area (Å²) in [6.07, 6.45) is 0. The minimum atomic E-state index is -4.61. The summed E-state index contributed by atoms with van der Waals surface area (Å²) in [5.74, 6) is 0. The molecule has 0 bridgehead atoms. The van der Waals surface area contributed by atoms with Gasteiger partial charge in [0.2, 0.25) is 0 Å². The first-order chi connectivity index (χ1) is 2.00. The summed E-state index contributed by atoms with van der Waals surface area (Å²) in [5, 5.41) is 0. The smallest absolute Gasteiger partial charge is 1.00 e. The first-order valence-corrected chi connectivity index (χ1v) is 2.68. The summed E-state index contributed by atoms with van der Waals surface area (Å²) in [7, 11) is -4.61. The zero-order chi connectivity index (χ0) is 4.50. The third-order valence-corrected chi connectivity index (χ3v) is 0. The van der Waals surface area contributed by atoms with Crippen LogP contribution in [-0.4, -0.2) is 73.7 Å². The van der Waals surface area contributed by atoms with Crippen molar-refractivity contribution in [3.05, 3.63) is 0 Å². The molecule has 0 amide bonds. The van der Waals surface area contributed by atoms with Crippen molar-refractivity contribution < 1.29 is 60.2 Å². The maximum atomic E-state index is 7.33. The van der Waals surface area contributed by atoms with Gasteiger partial charge in [-0.2, -0.15) is 0 Å². The summed E-state index contributed by atoms with van der Waals surface area (Å²) in [6.45, 7) is 0. The van der Waals surface area contributed by atoms with E-state index in [2.05, 4.69) is 0 Å². The fourth-order valence-corrected chi connectivity index (χ4v) is 0. The molecular weight excluding hydrogens is 342 g/mol. The molecule has 0 aliphatic rings. The molecule has 0 atom stereocenters. The fraction of sp³-hybridized carbons (Fsp3) is 0. The van der Waals surface area contributed by atoms with Crippen LogP contribution in [0.4, 0.5) is 0 Å². The second-order valence-electron chi connectivity index (χ2n) is 0.600. The number of hydrogen-bond donors (Lipinski definition) is 4. The van der Waals surface area contributed by atoms with Crippen LogP contribution in [0.1, 0.15) is 2.85 Å². The van der Waals surface area contributed by atoms with E-state index in [4.69, 9.17) is 19.2 Å². The van der Waals surface area contributed by atoms with Crippen LogP contribution < -0.4 is 0 Å². The van der Waals surface area contributed by atoms with Crippen molar-refractivity contribution in [1.82, 2.24) is 0 Å². The second-order valence-corrected chi connectivity index (χ2v) is 1.80. The van der Waals surface area contributed by atoms with Crippen LogP contribution >= 0.6 is 0 Å². The molecule has 0 unspecified atom stereocenters. The van der Waals surface area contributed by atoms with Crippen LogP contribution in [0.15, 0.2) is 0 Å². The first kappa shape index (κ1) is 16.4. The van der Waals surface area contributed by atoms with E-state index >= 15 is 0 Å². The molecule has 0 saturated heterocycles. The van der Waals surface area contributed by atoms with E-state index in [1.165, 1.54) is 0 Å². The predicted molar refractivity (Wildman–Crippen MR) is 22.6 cm³/mol. The van der Waals surface area contributed by atoms with Gasteiger partial charge in [-0.05, 0) is 0 Å². The van der Waals surface area contributed by atoms with Gasteiger partial charge >= 0.3 is 54.5 Å². The Bertz CT molecular complexity index is 34.0. The standard InChI is InChI=1S/Dy.H4O4Si.Sr.2H/c;1-5(2,3)4;;;/h;1-4H;;;/q;;+2;2*-1. The minimum Gasteiger partial charge on any atom is -1.00 e. The zero-order valence-corrected chi connectivity index (χ0v) is 9.82. The van der Waals surface area contributed by atoms with Gasteiger partial charge in [0.1, 0.15) is 0 Å². The van der Waals surface area contributed by atoms with Crippen molar-refractivity contribution in [3.63, 3.8) is 0 Å². The molecular formula is H6DyO4SiSr. The molecule has 0 heterocycles. The summed E-state index contributed by atoms with van der Waals surface area (Å²) in [6, 6.07) is 0. The first-order valence-electron chi connectivity index (χ1n) is 0.894. The molecule has 0 radical (unpaired) electrons.